The molecule has 2 atom stereocenters. The van der Waals surface area contributed by atoms with Crippen LogP contribution in [0.3, 0.4) is 0 Å². The Morgan fingerprint density at radius 3 is 2.62 bits per heavy atom. The van der Waals surface area contributed by atoms with Crippen LogP contribution in [0.2, 0.25) is 0 Å². The lowest BCUT2D eigenvalue weighted by Crippen LogP contribution is -2.24. The molecule has 0 aliphatic heterocycles. The van der Waals surface area contributed by atoms with Crippen LogP contribution < -0.4 is 0 Å². The Morgan fingerprint density at radius 2 is 2.10 bits per heavy atom. The SMILES string of the molecule is CCOC(=O)[C@H](C#N)[C@@H](c1ccc(F)cc1)c1ccco1. The van der Waals surface area contributed by atoms with Gasteiger partial charge in [-0.2, -0.15) is 5.26 Å². The van der Waals surface area contributed by atoms with Crippen molar-refractivity contribution in [1.82, 2.24) is 0 Å². The Labute approximate surface area is 121 Å². The predicted molar refractivity (Wildman–Crippen MR) is 72.7 cm³/mol. The summed E-state index contributed by atoms with van der Waals surface area (Å²) in [7, 11) is 0. The Bertz CT molecular complexity index is 629. The zero-order valence-electron chi connectivity index (χ0n) is 11.5. The molecular weight excluding hydrogens is 273 g/mol. The summed E-state index contributed by atoms with van der Waals surface area (Å²) in [5.41, 5.74) is 0.617. The summed E-state index contributed by atoms with van der Waals surface area (Å²) in [4.78, 5) is 12.0. The van der Waals surface area contributed by atoms with Gasteiger partial charge in [-0.3, -0.25) is 4.79 Å². The molecule has 2 rings (SSSR count). The molecule has 1 aromatic carbocycles. The van der Waals surface area contributed by atoms with Gasteiger partial charge in [-0.05, 0) is 36.8 Å². The number of rotatable bonds is 5. The highest BCUT2D eigenvalue weighted by Gasteiger charge is 2.34. The van der Waals surface area contributed by atoms with Crippen LogP contribution in [-0.4, -0.2) is 12.6 Å². The smallest absolute Gasteiger partial charge is 0.324 e. The van der Waals surface area contributed by atoms with Gasteiger partial charge in [0.05, 0.1) is 24.9 Å². The fraction of sp³-hybridized carbons (Fsp3) is 0.250. The minimum atomic E-state index is -1.05. The molecular formula is C16H14FNO3. The number of nitrogens with zero attached hydrogens (tertiary/aromatic N) is 1. The summed E-state index contributed by atoms with van der Waals surface area (Å²) < 4.78 is 23.4. The number of carbonyl (C=O) groups is 1. The third-order valence-electron chi connectivity index (χ3n) is 3.09. The van der Waals surface area contributed by atoms with E-state index in [0.717, 1.165) is 0 Å². The number of halogens is 1. The summed E-state index contributed by atoms with van der Waals surface area (Å²) in [6.07, 6.45) is 1.46. The van der Waals surface area contributed by atoms with Crippen LogP contribution in [0.1, 0.15) is 24.2 Å². The minimum absolute atomic E-state index is 0.186. The van der Waals surface area contributed by atoms with Crippen LogP contribution in [0, 0.1) is 23.1 Å². The highest BCUT2D eigenvalue weighted by molar-refractivity contribution is 5.77. The molecule has 1 aromatic heterocycles. The Morgan fingerprint density at radius 1 is 1.38 bits per heavy atom. The van der Waals surface area contributed by atoms with Crippen molar-refractivity contribution in [3.63, 3.8) is 0 Å². The third-order valence-corrected chi connectivity index (χ3v) is 3.09. The zero-order valence-corrected chi connectivity index (χ0v) is 11.5. The van der Waals surface area contributed by atoms with Crippen molar-refractivity contribution in [3.05, 3.63) is 59.8 Å². The molecule has 0 aliphatic rings. The fourth-order valence-corrected chi connectivity index (χ4v) is 2.15. The largest absolute Gasteiger partial charge is 0.469 e. The first-order valence-corrected chi connectivity index (χ1v) is 6.52. The fourth-order valence-electron chi connectivity index (χ4n) is 2.15. The number of hydrogen-bond donors (Lipinski definition) is 0. The highest BCUT2D eigenvalue weighted by Crippen LogP contribution is 2.33. The van der Waals surface area contributed by atoms with Gasteiger partial charge in [0.2, 0.25) is 0 Å². The Balaban J connectivity index is 2.43. The Hall–Kier alpha value is -2.61. The maximum atomic E-state index is 13.1. The van der Waals surface area contributed by atoms with Crippen molar-refractivity contribution in [3.8, 4) is 6.07 Å². The van der Waals surface area contributed by atoms with Gasteiger partial charge in [0.25, 0.3) is 0 Å². The lowest BCUT2D eigenvalue weighted by molar-refractivity contribution is -0.146. The van der Waals surface area contributed by atoms with Crippen molar-refractivity contribution < 1.29 is 18.3 Å². The normalized spacial score (nSPS) is 13.2. The molecule has 4 nitrogen and oxygen atoms in total. The molecule has 1 heterocycles. The number of nitriles is 1. The number of ether oxygens (including phenoxy) is 1. The first-order valence-electron chi connectivity index (χ1n) is 6.52. The second-order valence-corrected chi connectivity index (χ2v) is 4.40. The molecule has 5 heteroatoms. The van der Waals surface area contributed by atoms with E-state index in [2.05, 4.69) is 0 Å². The monoisotopic (exact) mass is 287 g/mol. The molecule has 0 bridgehead atoms. The summed E-state index contributed by atoms with van der Waals surface area (Å²) >= 11 is 0. The van der Waals surface area contributed by atoms with E-state index < -0.39 is 17.8 Å². The van der Waals surface area contributed by atoms with Gasteiger partial charge in [-0.1, -0.05) is 12.1 Å². The highest BCUT2D eigenvalue weighted by atomic mass is 19.1. The van der Waals surface area contributed by atoms with E-state index in [1.807, 2.05) is 6.07 Å². The summed E-state index contributed by atoms with van der Waals surface area (Å²) in [5, 5.41) is 9.34. The first-order chi connectivity index (χ1) is 10.2. The molecule has 0 unspecified atom stereocenters. The third kappa shape index (κ3) is 3.29. The Kier molecular flexibility index (Phi) is 4.72. The number of furan rings is 1. The molecule has 0 N–H and O–H groups in total. The van der Waals surface area contributed by atoms with Crippen molar-refractivity contribution in [2.24, 2.45) is 5.92 Å². The van der Waals surface area contributed by atoms with Gasteiger partial charge in [0.1, 0.15) is 11.6 Å². The van der Waals surface area contributed by atoms with Crippen molar-refractivity contribution in [1.29, 1.82) is 5.26 Å². The molecule has 0 aliphatic carbocycles. The molecule has 0 fully saturated rings. The van der Waals surface area contributed by atoms with Gasteiger partial charge in [-0.25, -0.2) is 4.39 Å². The average molecular weight is 287 g/mol. The van der Waals surface area contributed by atoms with Crippen molar-refractivity contribution >= 4 is 5.97 Å². The molecule has 108 valence electrons. The van der Waals surface area contributed by atoms with Crippen molar-refractivity contribution in [2.75, 3.05) is 6.61 Å². The maximum absolute atomic E-state index is 13.1. The zero-order chi connectivity index (χ0) is 15.2. The lowest BCUT2D eigenvalue weighted by atomic mass is 9.85. The van der Waals surface area contributed by atoms with E-state index in [4.69, 9.17) is 9.15 Å². The van der Waals surface area contributed by atoms with Crippen LogP contribution in [-0.2, 0) is 9.53 Å². The summed E-state index contributed by atoms with van der Waals surface area (Å²) in [6, 6.07) is 10.9. The van der Waals surface area contributed by atoms with Gasteiger partial charge >= 0.3 is 5.97 Å². The molecule has 2 aromatic rings. The van der Waals surface area contributed by atoms with E-state index in [0.29, 0.717) is 11.3 Å². The van der Waals surface area contributed by atoms with Crippen LogP contribution in [0.5, 0.6) is 0 Å². The summed E-state index contributed by atoms with van der Waals surface area (Å²) in [5.74, 6) is -2.24. The molecule has 0 spiro atoms. The van der Waals surface area contributed by atoms with Crippen LogP contribution >= 0.6 is 0 Å². The lowest BCUT2D eigenvalue weighted by Gasteiger charge is -2.19. The number of hydrogen-bond acceptors (Lipinski definition) is 4. The quantitative estimate of drug-likeness (QED) is 0.792. The van der Waals surface area contributed by atoms with E-state index >= 15 is 0 Å². The topological polar surface area (TPSA) is 63.2 Å². The second-order valence-electron chi connectivity index (χ2n) is 4.40. The first kappa shape index (κ1) is 14.8. The van der Waals surface area contributed by atoms with E-state index in [1.54, 1.807) is 19.1 Å². The number of esters is 1. The van der Waals surface area contributed by atoms with Gasteiger partial charge in [0.15, 0.2) is 5.92 Å². The van der Waals surface area contributed by atoms with Crippen molar-refractivity contribution in [2.45, 2.75) is 12.8 Å². The van der Waals surface area contributed by atoms with Gasteiger partial charge in [0, 0.05) is 0 Å². The molecule has 0 saturated heterocycles. The standard InChI is InChI=1S/C16H14FNO3/c1-2-20-16(19)13(10-18)15(14-4-3-9-21-14)11-5-7-12(17)8-6-11/h3-9,13,15H,2H2,1H3/t13-,15-/m1/s1. The van der Waals surface area contributed by atoms with Crippen LogP contribution in [0.4, 0.5) is 4.39 Å². The van der Waals surface area contributed by atoms with E-state index in [-0.39, 0.29) is 12.4 Å². The van der Waals surface area contributed by atoms with E-state index in [9.17, 15) is 14.4 Å². The molecule has 0 amide bonds. The molecule has 21 heavy (non-hydrogen) atoms. The minimum Gasteiger partial charge on any atom is -0.469 e. The second kappa shape index (κ2) is 6.71. The number of carbonyl (C=O) groups excluding carboxylic acids is 1. The maximum Gasteiger partial charge on any atom is 0.324 e. The summed E-state index contributed by atoms with van der Waals surface area (Å²) in [6.45, 7) is 1.86. The number of benzene rings is 1. The van der Waals surface area contributed by atoms with E-state index in [1.165, 1.54) is 30.5 Å². The van der Waals surface area contributed by atoms with Gasteiger partial charge in [-0.15, -0.1) is 0 Å². The average Bonchev–Trinajstić information content (AvgIpc) is 3.00. The van der Waals surface area contributed by atoms with Gasteiger partial charge < -0.3 is 9.15 Å². The predicted octanol–water partition coefficient (Wildman–Crippen LogP) is 3.25. The van der Waals surface area contributed by atoms with Crippen LogP contribution in [0.25, 0.3) is 0 Å². The molecule has 0 saturated carbocycles. The van der Waals surface area contributed by atoms with Crippen LogP contribution in [0.15, 0.2) is 47.1 Å². The molecule has 0 radical (unpaired) electrons.